The van der Waals surface area contributed by atoms with Crippen LogP contribution in [0.3, 0.4) is 0 Å². The number of aromatic nitrogens is 2. The third kappa shape index (κ3) is 5.97. The van der Waals surface area contributed by atoms with Crippen LogP contribution in [0.1, 0.15) is 54.3 Å². The summed E-state index contributed by atoms with van der Waals surface area (Å²) < 4.78 is 9.32. The van der Waals surface area contributed by atoms with E-state index in [4.69, 9.17) is 4.74 Å². The minimum Gasteiger partial charge on any atom is -0.444 e. The first-order valence-electron chi connectivity index (χ1n) is 7.03. The van der Waals surface area contributed by atoms with Gasteiger partial charge in [-0.25, -0.2) is 9.78 Å². The van der Waals surface area contributed by atoms with Gasteiger partial charge in [-0.2, -0.15) is 4.37 Å². The van der Waals surface area contributed by atoms with Crippen molar-refractivity contribution in [3.05, 3.63) is 5.82 Å². The van der Waals surface area contributed by atoms with Crippen LogP contribution in [0.4, 0.5) is 9.93 Å². The number of hydrogen-bond acceptors (Lipinski definition) is 6. The lowest BCUT2D eigenvalue weighted by molar-refractivity contribution is -0.117. The van der Waals surface area contributed by atoms with Crippen molar-refractivity contribution in [1.82, 2.24) is 14.7 Å². The summed E-state index contributed by atoms with van der Waals surface area (Å²) in [5.41, 5.74) is -0.791. The highest BCUT2D eigenvalue weighted by atomic mass is 32.1. The quantitative estimate of drug-likeness (QED) is 0.890. The van der Waals surface area contributed by atoms with Crippen LogP contribution in [-0.4, -0.2) is 33.0 Å². The van der Waals surface area contributed by atoms with Gasteiger partial charge in [0.25, 0.3) is 0 Å². The fourth-order valence-electron chi connectivity index (χ4n) is 1.34. The first kappa shape index (κ1) is 18.3. The number of nitrogens with zero attached hydrogens (tertiary/aromatic N) is 2. The molecule has 0 unspecified atom stereocenters. The van der Waals surface area contributed by atoms with E-state index in [9.17, 15) is 9.59 Å². The summed E-state index contributed by atoms with van der Waals surface area (Å²) in [7, 11) is 0. The lowest BCUT2D eigenvalue weighted by Crippen LogP contribution is -2.43. The lowest BCUT2D eigenvalue weighted by atomic mass is 9.96. The van der Waals surface area contributed by atoms with E-state index in [1.54, 1.807) is 27.7 Å². The molecule has 0 aliphatic carbocycles. The zero-order chi connectivity index (χ0) is 17.1. The summed E-state index contributed by atoms with van der Waals surface area (Å²) in [4.78, 5) is 27.9. The average molecular weight is 328 g/mol. The van der Waals surface area contributed by atoms with E-state index >= 15 is 0 Å². The molecule has 0 saturated heterocycles. The fraction of sp³-hybridized carbons (Fsp3) is 0.714. The van der Waals surface area contributed by atoms with Crippen molar-refractivity contribution in [1.29, 1.82) is 0 Å². The Kier molecular flexibility index (Phi) is 5.50. The molecule has 0 aliphatic heterocycles. The Morgan fingerprint density at radius 3 is 2.23 bits per heavy atom. The molecular formula is C14H24N4O3S. The van der Waals surface area contributed by atoms with Gasteiger partial charge in [0.15, 0.2) is 0 Å². The standard InChI is InChI=1S/C14H24N4O3S/c1-8(15-12(20)21-14(5,6)7)9(19)16-11-17-10(18-22-11)13(2,3)4/h8H,1-7H3,(H,15,20)(H,16,17,18,19)/t8-/m1/s1. The number of carbonyl (C=O) groups excluding carboxylic acids is 2. The smallest absolute Gasteiger partial charge is 0.408 e. The Morgan fingerprint density at radius 2 is 1.77 bits per heavy atom. The van der Waals surface area contributed by atoms with Crippen molar-refractivity contribution in [2.24, 2.45) is 0 Å². The molecule has 0 spiro atoms. The summed E-state index contributed by atoms with van der Waals surface area (Å²) in [6, 6.07) is -0.739. The van der Waals surface area contributed by atoms with E-state index in [0.717, 1.165) is 11.5 Å². The van der Waals surface area contributed by atoms with Crippen molar-refractivity contribution >= 4 is 28.7 Å². The van der Waals surface area contributed by atoms with E-state index in [0.29, 0.717) is 11.0 Å². The first-order valence-corrected chi connectivity index (χ1v) is 7.80. The molecule has 0 aliphatic rings. The molecule has 0 radical (unpaired) electrons. The second kappa shape index (κ2) is 6.60. The lowest BCUT2D eigenvalue weighted by Gasteiger charge is -2.21. The number of alkyl carbamates (subject to hydrolysis) is 1. The van der Waals surface area contributed by atoms with Crippen LogP contribution in [0.2, 0.25) is 0 Å². The maximum atomic E-state index is 12.0. The Bertz CT molecular complexity index is 543. The summed E-state index contributed by atoms with van der Waals surface area (Å²) >= 11 is 1.11. The Balaban J connectivity index is 2.58. The van der Waals surface area contributed by atoms with Crippen molar-refractivity contribution in [2.45, 2.75) is 65.5 Å². The third-order valence-electron chi connectivity index (χ3n) is 2.45. The molecule has 0 aromatic carbocycles. The van der Waals surface area contributed by atoms with E-state index in [1.807, 2.05) is 20.8 Å². The van der Waals surface area contributed by atoms with Crippen molar-refractivity contribution in [3.8, 4) is 0 Å². The topological polar surface area (TPSA) is 93.2 Å². The molecule has 7 nitrogen and oxygen atoms in total. The largest absolute Gasteiger partial charge is 0.444 e. The highest BCUT2D eigenvalue weighted by molar-refractivity contribution is 7.09. The van der Waals surface area contributed by atoms with Gasteiger partial charge in [0.1, 0.15) is 17.5 Å². The molecule has 1 heterocycles. The maximum absolute atomic E-state index is 12.0. The second-order valence-corrected chi connectivity index (χ2v) is 7.78. The minimum atomic E-state index is -0.739. The van der Waals surface area contributed by atoms with Gasteiger partial charge in [-0.15, -0.1) is 0 Å². The van der Waals surface area contributed by atoms with Gasteiger partial charge < -0.3 is 10.1 Å². The normalized spacial score (nSPS) is 13.4. The number of anilines is 1. The maximum Gasteiger partial charge on any atom is 0.408 e. The highest BCUT2D eigenvalue weighted by Crippen LogP contribution is 2.22. The van der Waals surface area contributed by atoms with Crippen molar-refractivity contribution < 1.29 is 14.3 Å². The molecule has 0 bridgehead atoms. The number of ether oxygens (including phenoxy) is 1. The fourth-order valence-corrected chi connectivity index (χ4v) is 2.10. The molecule has 124 valence electrons. The highest BCUT2D eigenvalue weighted by Gasteiger charge is 2.23. The SMILES string of the molecule is C[C@@H](NC(=O)OC(C)(C)C)C(=O)Nc1nc(C(C)(C)C)ns1. The predicted molar refractivity (Wildman–Crippen MR) is 86.1 cm³/mol. The molecule has 2 amide bonds. The number of rotatable bonds is 3. The van der Waals surface area contributed by atoms with Gasteiger partial charge in [0.2, 0.25) is 11.0 Å². The van der Waals surface area contributed by atoms with Crippen LogP contribution in [0.25, 0.3) is 0 Å². The molecule has 1 aromatic heterocycles. The van der Waals surface area contributed by atoms with E-state index in [2.05, 4.69) is 20.0 Å². The Labute approximate surface area is 135 Å². The van der Waals surface area contributed by atoms with Crippen molar-refractivity contribution in [3.63, 3.8) is 0 Å². The zero-order valence-electron chi connectivity index (χ0n) is 14.1. The Morgan fingerprint density at radius 1 is 1.18 bits per heavy atom. The van der Waals surface area contributed by atoms with E-state index < -0.39 is 17.7 Å². The third-order valence-corrected chi connectivity index (χ3v) is 3.08. The number of carbonyl (C=O) groups is 2. The van der Waals surface area contributed by atoms with Gasteiger partial charge in [-0.05, 0) is 27.7 Å². The summed E-state index contributed by atoms with van der Waals surface area (Å²) in [5.74, 6) is 0.294. The predicted octanol–water partition coefficient (Wildman–Crippen LogP) is 2.69. The molecule has 0 saturated carbocycles. The molecule has 0 fully saturated rings. The molecule has 2 N–H and O–H groups in total. The molecule has 8 heteroatoms. The number of hydrogen-bond donors (Lipinski definition) is 2. The first-order chi connectivity index (χ1) is 9.88. The van der Waals surface area contributed by atoms with Crippen LogP contribution in [-0.2, 0) is 14.9 Å². The monoisotopic (exact) mass is 328 g/mol. The molecule has 1 aromatic rings. The molecular weight excluding hydrogens is 304 g/mol. The van der Waals surface area contributed by atoms with Gasteiger partial charge in [0.05, 0.1) is 0 Å². The van der Waals surface area contributed by atoms with Gasteiger partial charge in [-0.3, -0.25) is 10.1 Å². The number of nitrogens with one attached hydrogen (secondary N) is 2. The van der Waals surface area contributed by atoms with Crippen LogP contribution in [0.15, 0.2) is 0 Å². The number of amides is 2. The van der Waals surface area contributed by atoms with Crippen LogP contribution < -0.4 is 10.6 Å². The van der Waals surface area contributed by atoms with Crippen LogP contribution in [0.5, 0.6) is 0 Å². The minimum absolute atomic E-state index is 0.181. The van der Waals surface area contributed by atoms with Crippen molar-refractivity contribution in [2.75, 3.05) is 5.32 Å². The van der Waals surface area contributed by atoms with Gasteiger partial charge in [0, 0.05) is 16.9 Å². The molecule has 1 atom stereocenters. The molecule has 1 rings (SSSR count). The van der Waals surface area contributed by atoms with Crippen LogP contribution in [0, 0.1) is 0 Å². The van der Waals surface area contributed by atoms with E-state index in [1.165, 1.54) is 0 Å². The average Bonchev–Trinajstić information content (AvgIpc) is 2.74. The summed E-state index contributed by atoms with van der Waals surface area (Å²) in [6.07, 6.45) is -0.636. The van der Waals surface area contributed by atoms with Gasteiger partial charge >= 0.3 is 6.09 Å². The van der Waals surface area contributed by atoms with E-state index in [-0.39, 0.29) is 11.3 Å². The summed E-state index contributed by atoms with van der Waals surface area (Å²) in [6.45, 7) is 12.8. The Hall–Kier alpha value is -1.70. The second-order valence-electron chi connectivity index (χ2n) is 7.03. The van der Waals surface area contributed by atoms with Gasteiger partial charge in [-0.1, -0.05) is 20.8 Å². The van der Waals surface area contributed by atoms with Crippen LogP contribution >= 0.6 is 11.5 Å². The molecule has 22 heavy (non-hydrogen) atoms. The summed E-state index contributed by atoms with van der Waals surface area (Å²) in [5, 5.41) is 5.52. The zero-order valence-corrected chi connectivity index (χ0v) is 14.9.